The number of carbonyl (C=O) groups is 1. The van der Waals surface area contributed by atoms with Crippen molar-refractivity contribution in [1.82, 2.24) is 5.32 Å². The maximum absolute atomic E-state index is 12.5. The van der Waals surface area contributed by atoms with Gasteiger partial charge in [-0.2, -0.15) is 0 Å². The molecule has 0 saturated carbocycles. The molecule has 1 heterocycles. The van der Waals surface area contributed by atoms with Crippen LogP contribution in [0.4, 0.5) is 0 Å². The number of aliphatic hydroxyl groups is 1. The molecule has 1 amide bonds. The second kappa shape index (κ2) is 7.96. The van der Waals surface area contributed by atoms with Crippen LogP contribution in [0, 0.1) is 0 Å². The molecular weight excluding hydrogens is 282 g/mol. The molecule has 2 N–H and O–H groups in total. The average Bonchev–Trinajstić information content (AvgIpc) is 3.00. The van der Waals surface area contributed by atoms with Gasteiger partial charge in [0.25, 0.3) is 5.91 Å². The summed E-state index contributed by atoms with van der Waals surface area (Å²) >= 11 is 1.48. The second-order valence-corrected chi connectivity index (χ2v) is 5.85. The van der Waals surface area contributed by atoms with Crippen molar-refractivity contribution in [2.75, 3.05) is 6.61 Å². The highest BCUT2D eigenvalue weighted by molar-refractivity contribution is 7.12. The van der Waals surface area contributed by atoms with E-state index in [1.165, 1.54) is 11.3 Å². The van der Waals surface area contributed by atoms with Gasteiger partial charge in [0.2, 0.25) is 0 Å². The number of aliphatic hydroxyl groups excluding tert-OH is 1. The van der Waals surface area contributed by atoms with Gasteiger partial charge in [0.05, 0.1) is 10.9 Å². The number of rotatable bonds is 7. The molecule has 0 aliphatic carbocycles. The van der Waals surface area contributed by atoms with E-state index in [0.29, 0.717) is 6.42 Å². The van der Waals surface area contributed by atoms with Crippen LogP contribution in [0.1, 0.15) is 46.6 Å². The number of hydrogen-bond donors (Lipinski definition) is 2. The Hall–Kier alpha value is -1.65. The molecule has 3 nitrogen and oxygen atoms in total. The van der Waals surface area contributed by atoms with Gasteiger partial charge >= 0.3 is 0 Å². The Balaban J connectivity index is 2.13. The predicted octanol–water partition coefficient (Wildman–Crippen LogP) is 3.55. The van der Waals surface area contributed by atoms with Crippen LogP contribution in [0.25, 0.3) is 0 Å². The third kappa shape index (κ3) is 4.16. The summed E-state index contributed by atoms with van der Waals surface area (Å²) in [4.78, 5) is 13.3. The van der Waals surface area contributed by atoms with E-state index < -0.39 is 0 Å². The quantitative estimate of drug-likeness (QED) is 0.821. The van der Waals surface area contributed by atoms with Crippen LogP contribution in [-0.4, -0.2) is 17.6 Å². The standard InChI is InChI=1S/C17H21NO2S/c1-2-13-10-12-21-16(13)17(20)18-15(9-6-11-19)14-7-4-3-5-8-14/h3-5,7-8,10,12,15,19H,2,6,9,11H2,1H3,(H,18,20). The van der Waals surface area contributed by atoms with Crippen LogP contribution >= 0.6 is 11.3 Å². The molecule has 0 fully saturated rings. The fourth-order valence-corrected chi connectivity index (χ4v) is 3.24. The molecule has 1 aromatic heterocycles. The zero-order valence-corrected chi connectivity index (χ0v) is 13.0. The van der Waals surface area contributed by atoms with Crippen LogP contribution in [0.3, 0.4) is 0 Å². The van der Waals surface area contributed by atoms with Gasteiger partial charge in [0.1, 0.15) is 0 Å². The molecular formula is C17H21NO2S. The van der Waals surface area contributed by atoms with E-state index in [9.17, 15) is 4.79 Å². The summed E-state index contributed by atoms with van der Waals surface area (Å²) in [6, 6.07) is 11.9. The molecule has 0 radical (unpaired) electrons. The first-order valence-electron chi connectivity index (χ1n) is 7.29. The topological polar surface area (TPSA) is 49.3 Å². The third-order valence-corrected chi connectivity index (χ3v) is 4.45. The minimum Gasteiger partial charge on any atom is -0.396 e. The molecule has 0 aliphatic rings. The van der Waals surface area contributed by atoms with Gasteiger partial charge in [-0.3, -0.25) is 4.79 Å². The number of nitrogens with one attached hydrogen (secondary N) is 1. The SMILES string of the molecule is CCc1ccsc1C(=O)NC(CCCO)c1ccccc1. The van der Waals surface area contributed by atoms with Crippen LogP contribution in [0.5, 0.6) is 0 Å². The first kappa shape index (κ1) is 15.7. The van der Waals surface area contributed by atoms with E-state index in [4.69, 9.17) is 5.11 Å². The van der Waals surface area contributed by atoms with Gasteiger partial charge in [0.15, 0.2) is 0 Å². The van der Waals surface area contributed by atoms with E-state index in [2.05, 4.69) is 12.2 Å². The van der Waals surface area contributed by atoms with Crippen molar-refractivity contribution in [2.24, 2.45) is 0 Å². The molecule has 0 aliphatic heterocycles. The number of benzene rings is 1. The molecule has 1 aromatic carbocycles. The summed E-state index contributed by atoms with van der Waals surface area (Å²) < 4.78 is 0. The normalized spacial score (nSPS) is 12.1. The van der Waals surface area contributed by atoms with E-state index in [0.717, 1.165) is 28.8 Å². The number of carbonyl (C=O) groups excluding carboxylic acids is 1. The Morgan fingerprint density at radius 1 is 1.29 bits per heavy atom. The molecule has 0 spiro atoms. The monoisotopic (exact) mass is 303 g/mol. The van der Waals surface area contributed by atoms with E-state index in [-0.39, 0.29) is 18.6 Å². The minimum atomic E-state index is -0.0577. The zero-order chi connectivity index (χ0) is 15.1. The summed E-state index contributed by atoms with van der Waals surface area (Å²) in [6.45, 7) is 2.19. The fourth-order valence-electron chi connectivity index (χ4n) is 2.34. The third-order valence-electron chi connectivity index (χ3n) is 3.49. The molecule has 2 rings (SSSR count). The lowest BCUT2D eigenvalue weighted by Crippen LogP contribution is -2.28. The molecule has 1 unspecified atom stereocenters. The van der Waals surface area contributed by atoms with Crippen molar-refractivity contribution < 1.29 is 9.90 Å². The van der Waals surface area contributed by atoms with Crippen LogP contribution in [-0.2, 0) is 6.42 Å². The lowest BCUT2D eigenvalue weighted by Gasteiger charge is -2.19. The summed E-state index contributed by atoms with van der Waals surface area (Å²) in [6.07, 6.45) is 2.27. The largest absolute Gasteiger partial charge is 0.396 e. The number of aryl methyl sites for hydroxylation is 1. The number of hydrogen-bond acceptors (Lipinski definition) is 3. The highest BCUT2D eigenvalue weighted by Gasteiger charge is 2.18. The Kier molecular flexibility index (Phi) is 5.96. The Labute approximate surface area is 129 Å². The lowest BCUT2D eigenvalue weighted by atomic mass is 10.0. The summed E-state index contributed by atoms with van der Waals surface area (Å²) in [5, 5.41) is 14.1. The highest BCUT2D eigenvalue weighted by atomic mass is 32.1. The molecule has 112 valence electrons. The fraction of sp³-hybridized carbons (Fsp3) is 0.353. The van der Waals surface area contributed by atoms with Crippen LogP contribution in [0.2, 0.25) is 0 Å². The molecule has 1 atom stereocenters. The van der Waals surface area contributed by atoms with E-state index in [1.54, 1.807) is 0 Å². The van der Waals surface area contributed by atoms with Crippen molar-refractivity contribution in [3.63, 3.8) is 0 Å². The van der Waals surface area contributed by atoms with Gasteiger partial charge in [-0.25, -0.2) is 0 Å². The van der Waals surface area contributed by atoms with Crippen molar-refractivity contribution in [3.05, 3.63) is 57.8 Å². The van der Waals surface area contributed by atoms with E-state index >= 15 is 0 Å². The van der Waals surface area contributed by atoms with E-state index in [1.807, 2.05) is 41.8 Å². The molecule has 2 aromatic rings. The number of thiophene rings is 1. The van der Waals surface area contributed by atoms with Gasteiger partial charge in [-0.15, -0.1) is 11.3 Å². The summed E-state index contributed by atoms with van der Waals surface area (Å²) in [5.74, 6) is -0.0198. The Morgan fingerprint density at radius 2 is 2.05 bits per heavy atom. The van der Waals surface area contributed by atoms with Crippen LogP contribution < -0.4 is 5.32 Å². The zero-order valence-electron chi connectivity index (χ0n) is 12.2. The minimum absolute atomic E-state index is 0.0198. The van der Waals surface area contributed by atoms with Crippen molar-refractivity contribution in [1.29, 1.82) is 0 Å². The Morgan fingerprint density at radius 3 is 2.71 bits per heavy atom. The maximum atomic E-state index is 12.5. The van der Waals surface area contributed by atoms with Gasteiger partial charge in [-0.1, -0.05) is 37.3 Å². The van der Waals surface area contributed by atoms with Crippen molar-refractivity contribution in [3.8, 4) is 0 Å². The summed E-state index contributed by atoms with van der Waals surface area (Å²) in [7, 11) is 0. The van der Waals surface area contributed by atoms with Crippen molar-refractivity contribution >= 4 is 17.2 Å². The lowest BCUT2D eigenvalue weighted by molar-refractivity contribution is 0.0935. The maximum Gasteiger partial charge on any atom is 0.262 e. The second-order valence-electron chi connectivity index (χ2n) is 4.93. The molecule has 0 bridgehead atoms. The van der Waals surface area contributed by atoms with Crippen molar-refractivity contribution in [2.45, 2.75) is 32.2 Å². The number of amides is 1. The average molecular weight is 303 g/mol. The first-order valence-corrected chi connectivity index (χ1v) is 8.17. The van der Waals surface area contributed by atoms with Gasteiger partial charge in [-0.05, 0) is 41.8 Å². The predicted molar refractivity (Wildman–Crippen MR) is 86.7 cm³/mol. The van der Waals surface area contributed by atoms with Crippen LogP contribution in [0.15, 0.2) is 41.8 Å². The highest BCUT2D eigenvalue weighted by Crippen LogP contribution is 2.22. The summed E-state index contributed by atoms with van der Waals surface area (Å²) in [5.41, 5.74) is 2.17. The molecule has 0 saturated heterocycles. The molecule has 4 heteroatoms. The van der Waals surface area contributed by atoms with Gasteiger partial charge < -0.3 is 10.4 Å². The Bertz CT molecular complexity index is 565. The smallest absolute Gasteiger partial charge is 0.262 e. The molecule has 21 heavy (non-hydrogen) atoms. The first-order chi connectivity index (χ1) is 10.3. The van der Waals surface area contributed by atoms with Gasteiger partial charge in [0, 0.05) is 6.61 Å².